The van der Waals surface area contributed by atoms with Gasteiger partial charge in [-0.1, -0.05) is 0 Å². The molecule has 0 spiro atoms. The number of ether oxygens (including phenoxy) is 2. The summed E-state index contributed by atoms with van der Waals surface area (Å²) >= 11 is 0. The van der Waals surface area contributed by atoms with Gasteiger partial charge in [0.1, 0.15) is 5.75 Å². The van der Waals surface area contributed by atoms with E-state index in [2.05, 4.69) is 4.74 Å². The van der Waals surface area contributed by atoms with Gasteiger partial charge in [-0.15, -0.1) is 0 Å². The van der Waals surface area contributed by atoms with Crippen molar-refractivity contribution in [3.63, 3.8) is 0 Å². The van der Waals surface area contributed by atoms with Gasteiger partial charge in [0.2, 0.25) is 0 Å². The Kier molecular flexibility index (Phi) is 3.48. The highest BCUT2D eigenvalue weighted by molar-refractivity contribution is 5.89. The summed E-state index contributed by atoms with van der Waals surface area (Å²) in [5.74, 6) is 0.308. The van der Waals surface area contributed by atoms with Gasteiger partial charge in [0, 0.05) is 12.1 Å². The van der Waals surface area contributed by atoms with E-state index in [9.17, 15) is 4.79 Å². The van der Waals surface area contributed by atoms with Crippen LogP contribution in [0.3, 0.4) is 0 Å². The summed E-state index contributed by atoms with van der Waals surface area (Å²) in [6, 6.07) is 5.02. The number of esters is 1. The van der Waals surface area contributed by atoms with Gasteiger partial charge < -0.3 is 15.2 Å². The summed E-state index contributed by atoms with van der Waals surface area (Å²) in [6.45, 7) is 0.327. The van der Waals surface area contributed by atoms with E-state index in [-0.39, 0.29) is 5.97 Å². The number of carbonyl (C=O) groups excluding carboxylic acids is 1. The summed E-state index contributed by atoms with van der Waals surface area (Å²) in [4.78, 5) is 11.2. The molecular formula is C10H13NO3. The van der Waals surface area contributed by atoms with E-state index in [1.54, 1.807) is 25.3 Å². The molecule has 1 rings (SSSR count). The first kappa shape index (κ1) is 10.5. The van der Waals surface area contributed by atoms with Gasteiger partial charge in [0.15, 0.2) is 0 Å². The molecule has 0 amide bonds. The Morgan fingerprint density at radius 1 is 1.43 bits per heavy atom. The number of nitrogens with two attached hydrogens (primary N) is 1. The average Bonchev–Trinajstić information content (AvgIpc) is 2.26. The zero-order valence-corrected chi connectivity index (χ0v) is 8.24. The zero-order valence-electron chi connectivity index (χ0n) is 8.24. The monoisotopic (exact) mass is 195 g/mol. The molecule has 0 unspecified atom stereocenters. The highest BCUT2D eigenvalue weighted by Gasteiger charge is 2.08. The average molecular weight is 195 g/mol. The molecule has 1 aromatic rings. The van der Waals surface area contributed by atoms with Crippen LogP contribution >= 0.6 is 0 Å². The van der Waals surface area contributed by atoms with Crippen LogP contribution in [0.4, 0.5) is 0 Å². The molecular weight excluding hydrogens is 182 g/mol. The Labute approximate surface area is 82.6 Å². The summed E-state index contributed by atoms with van der Waals surface area (Å²) in [7, 11) is 2.90. The molecule has 0 radical (unpaired) electrons. The van der Waals surface area contributed by atoms with E-state index in [4.69, 9.17) is 10.5 Å². The van der Waals surface area contributed by atoms with E-state index < -0.39 is 0 Å². The summed E-state index contributed by atoms with van der Waals surface area (Å²) in [6.07, 6.45) is 0. The van der Waals surface area contributed by atoms with Crippen molar-refractivity contribution in [1.29, 1.82) is 0 Å². The molecule has 0 aliphatic rings. The minimum atomic E-state index is -0.373. The summed E-state index contributed by atoms with van der Waals surface area (Å²) in [5.41, 5.74) is 6.77. The Bertz CT molecular complexity index is 336. The van der Waals surface area contributed by atoms with Crippen molar-refractivity contribution in [2.24, 2.45) is 5.73 Å². The smallest absolute Gasteiger partial charge is 0.337 e. The van der Waals surface area contributed by atoms with Gasteiger partial charge in [0.25, 0.3) is 0 Å². The van der Waals surface area contributed by atoms with Crippen molar-refractivity contribution in [2.75, 3.05) is 14.2 Å². The lowest BCUT2D eigenvalue weighted by molar-refractivity contribution is 0.0600. The van der Waals surface area contributed by atoms with Crippen LogP contribution < -0.4 is 10.5 Å². The molecule has 14 heavy (non-hydrogen) atoms. The van der Waals surface area contributed by atoms with Crippen LogP contribution in [0.5, 0.6) is 5.75 Å². The van der Waals surface area contributed by atoms with E-state index >= 15 is 0 Å². The van der Waals surface area contributed by atoms with Gasteiger partial charge in [0.05, 0.1) is 19.8 Å². The van der Waals surface area contributed by atoms with Gasteiger partial charge in [-0.3, -0.25) is 0 Å². The van der Waals surface area contributed by atoms with Gasteiger partial charge in [-0.25, -0.2) is 4.79 Å². The van der Waals surface area contributed by atoms with Gasteiger partial charge in [-0.05, 0) is 18.2 Å². The normalized spacial score (nSPS) is 9.64. The standard InChI is InChI=1S/C10H13NO3/c1-13-9-4-3-7(10(12)14-2)5-8(9)6-11/h3-5H,6,11H2,1-2H3. The Morgan fingerprint density at radius 2 is 2.14 bits per heavy atom. The van der Waals surface area contributed by atoms with Crippen molar-refractivity contribution >= 4 is 5.97 Å². The second kappa shape index (κ2) is 4.62. The first-order valence-corrected chi connectivity index (χ1v) is 4.18. The SMILES string of the molecule is COC(=O)c1ccc(OC)c(CN)c1. The third kappa shape index (κ3) is 2.03. The van der Waals surface area contributed by atoms with E-state index in [0.717, 1.165) is 5.56 Å². The first-order chi connectivity index (χ1) is 6.72. The maximum atomic E-state index is 11.2. The molecule has 2 N–H and O–H groups in total. The predicted molar refractivity (Wildman–Crippen MR) is 52.2 cm³/mol. The fourth-order valence-corrected chi connectivity index (χ4v) is 1.18. The Morgan fingerprint density at radius 3 is 2.64 bits per heavy atom. The number of benzene rings is 1. The van der Waals surface area contributed by atoms with Crippen LogP contribution in [0, 0.1) is 0 Å². The fourth-order valence-electron chi connectivity index (χ4n) is 1.18. The minimum absolute atomic E-state index is 0.327. The van der Waals surface area contributed by atoms with Crippen molar-refractivity contribution in [1.82, 2.24) is 0 Å². The highest BCUT2D eigenvalue weighted by Crippen LogP contribution is 2.19. The third-order valence-corrected chi connectivity index (χ3v) is 1.92. The van der Waals surface area contributed by atoms with Crippen LogP contribution in [0.15, 0.2) is 18.2 Å². The lowest BCUT2D eigenvalue weighted by Gasteiger charge is -2.07. The van der Waals surface area contributed by atoms with Crippen LogP contribution in [0.1, 0.15) is 15.9 Å². The van der Waals surface area contributed by atoms with E-state index in [0.29, 0.717) is 17.9 Å². The topological polar surface area (TPSA) is 61.5 Å². The van der Waals surface area contributed by atoms with Crippen LogP contribution in [0.25, 0.3) is 0 Å². The molecule has 0 fully saturated rings. The van der Waals surface area contributed by atoms with Crippen LogP contribution in [-0.4, -0.2) is 20.2 Å². The Hall–Kier alpha value is -1.55. The summed E-state index contributed by atoms with van der Waals surface area (Å²) < 4.78 is 9.66. The number of hydrogen-bond acceptors (Lipinski definition) is 4. The second-order valence-electron chi connectivity index (χ2n) is 2.72. The molecule has 4 nitrogen and oxygen atoms in total. The minimum Gasteiger partial charge on any atom is -0.496 e. The van der Waals surface area contributed by atoms with Gasteiger partial charge in [-0.2, -0.15) is 0 Å². The molecule has 0 atom stereocenters. The number of hydrogen-bond donors (Lipinski definition) is 1. The molecule has 76 valence electrons. The second-order valence-corrected chi connectivity index (χ2v) is 2.72. The molecule has 0 aromatic heterocycles. The van der Waals surface area contributed by atoms with Crippen LogP contribution in [-0.2, 0) is 11.3 Å². The van der Waals surface area contributed by atoms with E-state index in [1.807, 2.05) is 0 Å². The number of carbonyl (C=O) groups is 1. The lowest BCUT2D eigenvalue weighted by atomic mass is 10.1. The molecule has 0 bridgehead atoms. The van der Waals surface area contributed by atoms with E-state index in [1.165, 1.54) is 7.11 Å². The highest BCUT2D eigenvalue weighted by atomic mass is 16.5. The Balaban J connectivity index is 3.07. The zero-order chi connectivity index (χ0) is 10.6. The molecule has 0 saturated carbocycles. The maximum Gasteiger partial charge on any atom is 0.337 e. The third-order valence-electron chi connectivity index (χ3n) is 1.92. The molecule has 4 heteroatoms. The molecule has 1 aromatic carbocycles. The van der Waals surface area contributed by atoms with Crippen molar-refractivity contribution in [2.45, 2.75) is 6.54 Å². The van der Waals surface area contributed by atoms with Crippen molar-refractivity contribution in [3.8, 4) is 5.75 Å². The first-order valence-electron chi connectivity index (χ1n) is 4.18. The molecule has 0 aliphatic heterocycles. The van der Waals surface area contributed by atoms with Crippen LogP contribution in [0.2, 0.25) is 0 Å². The van der Waals surface area contributed by atoms with Gasteiger partial charge >= 0.3 is 5.97 Å². The van der Waals surface area contributed by atoms with Crippen molar-refractivity contribution in [3.05, 3.63) is 29.3 Å². The molecule has 0 saturated heterocycles. The molecule has 0 aliphatic carbocycles. The number of methoxy groups -OCH3 is 2. The quantitative estimate of drug-likeness (QED) is 0.729. The fraction of sp³-hybridized carbons (Fsp3) is 0.300. The molecule has 0 heterocycles. The maximum absolute atomic E-state index is 11.2. The lowest BCUT2D eigenvalue weighted by Crippen LogP contribution is -2.05. The predicted octanol–water partition coefficient (Wildman–Crippen LogP) is 0.941. The largest absolute Gasteiger partial charge is 0.496 e. The number of rotatable bonds is 3. The van der Waals surface area contributed by atoms with Crippen molar-refractivity contribution < 1.29 is 14.3 Å². The summed E-state index contributed by atoms with van der Waals surface area (Å²) in [5, 5.41) is 0.